The molecule has 4 aliphatic rings. The smallest absolute Gasteiger partial charge is 0.202 e. The van der Waals surface area contributed by atoms with Gasteiger partial charge in [0.1, 0.15) is 0 Å². The van der Waals surface area contributed by atoms with Gasteiger partial charge in [0.15, 0.2) is 11.9 Å². The number of carbonyl (C=O) groups excluding carboxylic acids is 1. The molecule has 4 fully saturated rings. The number of ketones is 1. The van der Waals surface area contributed by atoms with E-state index < -0.39 is 23.1 Å². The zero-order valence-corrected chi connectivity index (χ0v) is 18.2. The predicted octanol–water partition coefficient (Wildman–Crippen LogP) is 3.91. The number of hydrogen-bond donors (Lipinski definition) is 3. The molecule has 3 N–H and O–H groups in total. The molecule has 28 heavy (non-hydrogen) atoms. The van der Waals surface area contributed by atoms with Crippen molar-refractivity contribution < 1.29 is 20.1 Å². The average molecular weight is 393 g/mol. The lowest BCUT2D eigenvalue weighted by Crippen LogP contribution is -2.70. The SMILES string of the molecule is CCC[C@@H](C)[C@H]1CC[C@H]2[C@@H]3CCC4CC(=O)C(O)C(O)(O)[C@]4(C)[C@H]3CC[C@]12C. The number of aliphatic hydroxyl groups excluding tert-OH is 1. The first kappa shape index (κ1) is 20.8. The van der Waals surface area contributed by atoms with Crippen LogP contribution in [0.25, 0.3) is 0 Å². The van der Waals surface area contributed by atoms with Gasteiger partial charge in [0.2, 0.25) is 5.79 Å². The summed E-state index contributed by atoms with van der Waals surface area (Å²) >= 11 is 0. The lowest BCUT2D eigenvalue weighted by atomic mass is 9.42. The van der Waals surface area contributed by atoms with E-state index in [-0.39, 0.29) is 11.8 Å². The Kier molecular flexibility index (Phi) is 5.04. The Hall–Kier alpha value is -0.450. The molecule has 4 nitrogen and oxygen atoms in total. The first-order chi connectivity index (χ1) is 13.1. The van der Waals surface area contributed by atoms with Gasteiger partial charge in [0.05, 0.1) is 0 Å². The summed E-state index contributed by atoms with van der Waals surface area (Å²) in [4.78, 5) is 12.2. The number of carbonyl (C=O) groups is 1. The van der Waals surface area contributed by atoms with Crippen LogP contribution >= 0.6 is 0 Å². The first-order valence-corrected chi connectivity index (χ1v) is 11.7. The Morgan fingerprint density at radius 3 is 2.46 bits per heavy atom. The molecule has 0 bridgehead atoms. The Balaban J connectivity index is 1.65. The number of Topliss-reactive ketones (excluding diaryl/α,β-unsaturated/α-hetero) is 1. The molecule has 0 radical (unpaired) electrons. The Bertz CT molecular complexity index is 630. The highest BCUT2D eigenvalue weighted by Crippen LogP contribution is 2.69. The van der Waals surface area contributed by atoms with Gasteiger partial charge in [-0.1, -0.05) is 40.5 Å². The molecule has 0 aromatic rings. The van der Waals surface area contributed by atoms with Crippen LogP contribution in [-0.4, -0.2) is 33.0 Å². The lowest BCUT2D eigenvalue weighted by Gasteiger charge is -2.64. The zero-order chi connectivity index (χ0) is 20.5. The molecular weight excluding hydrogens is 352 g/mol. The van der Waals surface area contributed by atoms with E-state index >= 15 is 0 Å². The second-order valence-corrected chi connectivity index (χ2v) is 11.2. The van der Waals surface area contributed by atoms with Gasteiger partial charge in [-0.25, -0.2) is 0 Å². The second-order valence-electron chi connectivity index (χ2n) is 11.2. The minimum atomic E-state index is -2.31. The van der Waals surface area contributed by atoms with Crippen molar-refractivity contribution in [1.29, 1.82) is 0 Å². The van der Waals surface area contributed by atoms with Crippen LogP contribution in [0, 0.1) is 46.3 Å². The van der Waals surface area contributed by atoms with Gasteiger partial charge in [0, 0.05) is 11.8 Å². The lowest BCUT2D eigenvalue weighted by molar-refractivity contribution is -0.335. The van der Waals surface area contributed by atoms with E-state index in [0.29, 0.717) is 23.7 Å². The monoisotopic (exact) mass is 392 g/mol. The first-order valence-electron chi connectivity index (χ1n) is 11.7. The number of hydrogen-bond acceptors (Lipinski definition) is 4. The minimum Gasteiger partial charge on any atom is -0.380 e. The van der Waals surface area contributed by atoms with Gasteiger partial charge in [-0.05, 0) is 79.4 Å². The van der Waals surface area contributed by atoms with Crippen molar-refractivity contribution in [1.82, 2.24) is 0 Å². The summed E-state index contributed by atoms with van der Waals surface area (Å²) < 4.78 is 0. The summed E-state index contributed by atoms with van der Waals surface area (Å²) in [7, 11) is 0. The molecule has 4 heteroatoms. The molecule has 0 heterocycles. The summed E-state index contributed by atoms with van der Waals surface area (Å²) in [5.74, 6) is 0.0977. The summed E-state index contributed by atoms with van der Waals surface area (Å²) in [5, 5.41) is 32.4. The van der Waals surface area contributed by atoms with Gasteiger partial charge in [-0.3, -0.25) is 4.79 Å². The van der Waals surface area contributed by atoms with Crippen LogP contribution in [0.3, 0.4) is 0 Å². The Morgan fingerprint density at radius 2 is 1.79 bits per heavy atom. The maximum absolute atomic E-state index is 12.2. The summed E-state index contributed by atoms with van der Waals surface area (Å²) in [6, 6.07) is 0. The number of fused-ring (bicyclic) bond motifs is 5. The van der Waals surface area contributed by atoms with Crippen molar-refractivity contribution in [3.63, 3.8) is 0 Å². The van der Waals surface area contributed by atoms with E-state index in [0.717, 1.165) is 37.5 Å². The van der Waals surface area contributed by atoms with Gasteiger partial charge in [-0.2, -0.15) is 0 Å². The highest BCUT2D eigenvalue weighted by atomic mass is 16.5. The van der Waals surface area contributed by atoms with Gasteiger partial charge in [0.25, 0.3) is 0 Å². The molecule has 9 atom stereocenters. The third kappa shape index (κ3) is 2.56. The van der Waals surface area contributed by atoms with Crippen molar-refractivity contribution in [3.05, 3.63) is 0 Å². The van der Waals surface area contributed by atoms with E-state index in [4.69, 9.17) is 0 Å². The molecule has 4 aliphatic carbocycles. The average Bonchev–Trinajstić information content (AvgIpc) is 2.99. The van der Waals surface area contributed by atoms with Gasteiger partial charge >= 0.3 is 0 Å². The van der Waals surface area contributed by atoms with Crippen LogP contribution in [0.15, 0.2) is 0 Å². The number of aliphatic hydroxyl groups is 3. The molecule has 4 saturated carbocycles. The third-order valence-electron chi connectivity index (χ3n) is 10.3. The molecule has 2 unspecified atom stereocenters. The van der Waals surface area contributed by atoms with E-state index in [1.54, 1.807) is 0 Å². The molecular formula is C24H40O4. The largest absolute Gasteiger partial charge is 0.380 e. The van der Waals surface area contributed by atoms with Crippen molar-refractivity contribution >= 4 is 5.78 Å². The summed E-state index contributed by atoms with van der Waals surface area (Å²) in [6.45, 7) is 9.18. The van der Waals surface area contributed by atoms with Crippen LogP contribution in [0.2, 0.25) is 0 Å². The number of rotatable bonds is 3. The second kappa shape index (κ2) is 6.78. The van der Waals surface area contributed by atoms with Crippen LogP contribution in [0.5, 0.6) is 0 Å². The van der Waals surface area contributed by atoms with Crippen LogP contribution < -0.4 is 0 Å². The predicted molar refractivity (Wildman–Crippen MR) is 108 cm³/mol. The summed E-state index contributed by atoms with van der Waals surface area (Å²) in [5.41, 5.74) is -0.437. The molecule has 160 valence electrons. The molecule has 0 spiro atoms. The Morgan fingerprint density at radius 1 is 1.07 bits per heavy atom. The topological polar surface area (TPSA) is 77.8 Å². The quantitative estimate of drug-likeness (QED) is 0.636. The summed E-state index contributed by atoms with van der Waals surface area (Å²) in [6.07, 6.45) is 7.82. The maximum Gasteiger partial charge on any atom is 0.202 e. The van der Waals surface area contributed by atoms with E-state index in [1.165, 1.54) is 25.7 Å². The van der Waals surface area contributed by atoms with Crippen LogP contribution in [0.4, 0.5) is 0 Å². The highest BCUT2D eigenvalue weighted by Gasteiger charge is 2.69. The zero-order valence-electron chi connectivity index (χ0n) is 18.2. The van der Waals surface area contributed by atoms with E-state index in [2.05, 4.69) is 20.8 Å². The van der Waals surface area contributed by atoms with Crippen LogP contribution in [0.1, 0.15) is 85.5 Å². The van der Waals surface area contributed by atoms with Crippen molar-refractivity contribution in [2.75, 3.05) is 0 Å². The van der Waals surface area contributed by atoms with Crippen LogP contribution in [-0.2, 0) is 4.79 Å². The van der Waals surface area contributed by atoms with Crippen molar-refractivity contribution in [2.24, 2.45) is 46.3 Å². The van der Waals surface area contributed by atoms with E-state index in [1.807, 2.05) is 6.92 Å². The molecule has 0 aromatic carbocycles. The normalized spacial score (nSPS) is 51.2. The Labute approximate surface area is 170 Å². The maximum atomic E-state index is 12.2. The fourth-order valence-corrected chi connectivity index (χ4v) is 8.82. The van der Waals surface area contributed by atoms with Gasteiger partial charge < -0.3 is 15.3 Å². The standard InChI is InChI=1S/C24H40O4/c1-5-6-14(2)17-9-10-18-16-8-7-15-13-20(25)21(26)24(27,28)23(15,4)19(16)11-12-22(17,18)3/h14-19,21,26-28H,5-13H2,1-4H3/t14-,15?,16+,17-,18+,19+,21?,22-,23+/m1/s1. The van der Waals surface area contributed by atoms with Crippen molar-refractivity contribution in [3.8, 4) is 0 Å². The molecule has 0 aromatic heterocycles. The molecule has 4 rings (SSSR count). The fraction of sp³-hybridized carbons (Fsp3) is 0.958. The van der Waals surface area contributed by atoms with Gasteiger partial charge in [-0.15, -0.1) is 0 Å². The third-order valence-corrected chi connectivity index (χ3v) is 10.3. The molecule has 0 amide bonds. The van der Waals surface area contributed by atoms with Crippen molar-refractivity contribution in [2.45, 2.75) is 97.4 Å². The molecule has 0 aliphatic heterocycles. The molecule has 0 saturated heterocycles. The van der Waals surface area contributed by atoms with E-state index in [9.17, 15) is 20.1 Å². The fourth-order valence-electron chi connectivity index (χ4n) is 8.82. The highest BCUT2D eigenvalue weighted by molar-refractivity contribution is 5.85. The minimum absolute atomic E-state index is 0.0276.